The molecule has 1 fully saturated rings. The van der Waals surface area contributed by atoms with E-state index in [4.69, 9.17) is 5.73 Å². The van der Waals surface area contributed by atoms with Gasteiger partial charge in [-0.3, -0.25) is 14.4 Å². The van der Waals surface area contributed by atoms with Crippen LogP contribution in [0, 0.1) is 5.92 Å². The van der Waals surface area contributed by atoms with Gasteiger partial charge >= 0.3 is 0 Å². The molecule has 0 bridgehead atoms. The topological polar surface area (TPSA) is 105 Å². The molecule has 4 N–H and O–H groups in total. The molecule has 0 spiro atoms. The molecule has 3 unspecified atom stereocenters. The van der Waals surface area contributed by atoms with Crippen molar-refractivity contribution in [1.29, 1.82) is 0 Å². The molecule has 3 amide bonds. The molecule has 180 valence electrons. The van der Waals surface area contributed by atoms with Crippen LogP contribution in [-0.4, -0.2) is 29.8 Å². The van der Waals surface area contributed by atoms with Crippen LogP contribution in [0.15, 0.2) is 48.5 Å². The van der Waals surface area contributed by atoms with Crippen molar-refractivity contribution in [1.82, 2.24) is 5.32 Å². The highest BCUT2D eigenvalue weighted by Gasteiger charge is 2.34. The van der Waals surface area contributed by atoms with Gasteiger partial charge < -0.3 is 21.3 Å². The lowest BCUT2D eigenvalue weighted by atomic mass is 9.91. The molecule has 7 heteroatoms. The molecule has 2 aliphatic rings. The average molecular weight is 463 g/mol. The second-order valence-corrected chi connectivity index (χ2v) is 9.80. The highest BCUT2D eigenvalue weighted by Crippen LogP contribution is 2.39. The molecular weight excluding hydrogens is 428 g/mol. The van der Waals surface area contributed by atoms with E-state index in [1.54, 1.807) is 23.1 Å². The third kappa shape index (κ3) is 5.30. The fourth-order valence-electron chi connectivity index (χ4n) is 4.91. The van der Waals surface area contributed by atoms with Crippen molar-refractivity contribution < 1.29 is 14.4 Å². The van der Waals surface area contributed by atoms with Gasteiger partial charge in [-0.25, -0.2) is 0 Å². The Morgan fingerprint density at radius 1 is 1.12 bits per heavy atom. The first-order valence-electron chi connectivity index (χ1n) is 12.2. The van der Waals surface area contributed by atoms with Crippen LogP contribution in [0.25, 0.3) is 0 Å². The predicted molar refractivity (Wildman–Crippen MR) is 134 cm³/mol. The zero-order valence-corrected chi connectivity index (χ0v) is 19.9. The monoisotopic (exact) mass is 462 g/mol. The number of benzene rings is 2. The number of nitrogens with one attached hydrogen (secondary N) is 2. The highest BCUT2D eigenvalue weighted by atomic mass is 16.2. The first kappa shape index (κ1) is 24.0. The Labute approximate surface area is 201 Å². The van der Waals surface area contributed by atoms with Crippen LogP contribution in [0.4, 0.5) is 11.4 Å². The van der Waals surface area contributed by atoms with Gasteiger partial charge in [0.25, 0.3) is 5.91 Å². The van der Waals surface area contributed by atoms with Gasteiger partial charge in [0.1, 0.15) is 0 Å². The minimum atomic E-state index is -0.423. The quantitative estimate of drug-likeness (QED) is 0.621. The number of rotatable bonds is 5. The number of fused-ring (bicyclic) bond motifs is 1. The van der Waals surface area contributed by atoms with E-state index in [1.165, 1.54) is 0 Å². The smallest absolute Gasteiger partial charge is 0.251 e. The zero-order chi connectivity index (χ0) is 24.2. The predicted octanol–water partition coefficient (Wildman–Crippen LogP) is 4.15. The van der Waals surface area contributed by atoms with Crippen molar-refractivity contribution >= 4 is 29.1 Å². The molecule has 2 aromatic rings. The minimum absolute atomic E-state index is 0.0472. The average Bonchev–Trinajstić information content (AvgIpc) is 2.95. The first-order chi connectivity index (χ1) is 16.3. The molecule has 2 aromatic carbocycles. The number of nitrogens with zero attached hydrogens (tertiary/aromatic N) is 1. The lowest BCUT2D eigenvalue weighted by molar-refractivity contribution is -0.120. The molecule has 34 heavy (non-hydrogen) atoms. The van der Waals surface area contributed by atoms with Crippen LogP contribution < -0.4 is 21.3 Å². The zero-order valence-electron chi connectivity index (χ0n) is 19.9. The van der Waals surface area contributed by atoms with Gasteiger partial charge in [0.05, 0.1) is 23.8 Å². The Bertz CT molecular complexity index is 1050. The fourth-order valence-corrected chi connectivity index (χ4v) is 4.91. The van der Waals surface area contributed by atoms with Gasteiger partial charge in [0.2, 0.25) is 11.8 Å². The second kappa shape index (κ2) is 10.4. The van der Waals surface area contributed by atoms with Gasteiger partial charge in [-0.1, -0.05) is 57.0 Å². The van der Waals surface area contributed by atoms with E-state index in [1.807, 2.05) is 44.2 Å². The van der Waals surface area contributed by atoms with Crippen molar-refractivity contribution in [2.75, 3.05) is 10.2 Å². The maximum atomic E-state index is 13.4. The lowest BCUT2D eigenvalue weighted by Gasteiger charge is -2.32. The van der Waals surface area contributed by atoms with E-state index in [0.717, 1.165) is 31.2 Å². The SMILES string of the molecule is CC(C)CC(=O)N1c2ccc(C(=O)NC3CCCCC3N)cc2NC(=O)CC1c1ccccc1. The van der Waals surface area contributed by atoms with Crippen LogP contribution in [0.2, 0.25) is 0 Å². The van der Waals surface area contributed by atoms with Gasteiger partial charge in [0, 0.05) is 24.1 Å². The summed E-state index contributed by atoms with van der Waals surface area (Å²) in [6, 6.07) is 14.2. The molecule has 0 saturated heterocycles. The molecule has 1 heterocycles. The van der Waals surface area contributed by atoms with E-state index in [9.17, 15) is 14.4 Å². The molecular formula is C27H34N4O3. The second-order valence-electron chi connectivity index (χ2n) is 9.80. The van der Waals surface area contributed by atoms with Crippen LogP contribution in [-0.2, 0) is 9.59 Å². The van der Waals surface area contributed by atoms with Gasteiger partial charge in [-0.05, 0) is 42.5 Å². The van der Waals surface area contributed by atoms with E-state index in [-0.39, 0.29) is 42.1 Å². The van der Waals surface area contributed by atoms with Gasteiger partial charge in [0.15, 0.2) is 0 Å². The van der Waals surface area contributed by atoms with Crippen molar-refractivity contribution in [3.8, 4) is 0 Å². The molecule has 4 rings (SSSR count). The maximum absolute atomic E-state index is 13.4. The molecule has 1 aliphatic heterocycles. The van der Waals surface area contributed by atoms with E-state index < -0.39 is 6.04 Å². The Morgan fingerprint density at radius 3 is 2.56 bits per heavy atom. The van der Waals surface area contributed by atoms with Crippen molar-refractivity contribution in [2.24, 2.45) is 11.7 Å². The van der Waals surface area contributed by atoms with Crippen molar-refractivity contribution in [2.45, 2.75) is 70.5 Å². The Hall–Kier alpha value is -3.19. The molecule has 3 atom stereocenters. The largest absolute Gasteiger partial charge is 0.348 e. The van der Waals surface area contributed by atoms with Crippen molar-refractivity contribution in [3.05, 3.63) is 59.7 Å². The number of amides is 3. The van der Waals surface area contributed by atoms with E-state index in [2.05, 4.69) is 10.6 Å². The third-order valence-corrected chi connectivity index (χ3v) is 6.65. The normalized spacial score (nSPS) is 22.5. The summed E-state index contributed by atoms with van der Waals surface area (Å²) in [6.45, 7) is 4.00. The molecule has 7 nitrogen and oxygen atoms in total. The molecule has 0 radical (unpaired) electrons. The number of anilines is 2. The summed E-state index contributed by atoms with van der Waals surface area (Å²) in [5, 5.41) is 5.99. The van der Waals surface area contributed by atoms with Crippen LogP contribution in [0.3, 0.4) is 0 Å². The van der Waals surface area contributed by atoms with Crippen LogP contribution in [0.1, 0.15) is 74.3 Å². The number of hydrogen-bond donors (Lipinski definition) is 3. The van der Waals surface area contributed by atoms with Crippen LogP contribution >= 0.6 is 0 Å². The molecule has 1 aliphatic carbocycles. The number of carbonyl (C=O) groups excluding carboxylic acids is 3. The number of hydrogen-bond acceptors (Lipinski definition) is 4. The summed E-state index contributed by atoms with van der Waals surface area (Å²) in [5.41, 5.74) is 8.62. The van der Waals surface area contributed by atoms with Crippen LogP contribution in [0.5, 0.6) is 0 Å². The standard InChI is InChI=1S/C27H34N4O3/c1-17(2)14-26(33)31-23-13-12-19(27(34)30-21-11-7-6-10-20(21)28)15-22(23)29-25(32)16-24(31)18-8-4-3-5-9-18/h3-5,8-9,12-13,15,17,20-21,24H,6-7,10-11,14,16,28H2,1-2H3,(H,29,32)(H,30,34). The lowest BCUT2D eigenvalue weighted by Crippen LogP contribution is -2.49. The summed E-state index contributed by atoms with van der Waals surface area (Å²) < 4.78 is 0. The number of carbonyl (C=O) groups is 3. The Balaban J connectivity index is 1.69. The van der Waals surface area contributed by atoms with Crippen molar-refractivity contribution in [3.63, 3.8) is 0 Å². The third-order valence-electron chi connectivity index (χ3n) is 6.65. The minimum Gasteiger partial charge on any atom is -0.348 e. The fraction of sp³-hybridized carbons (Fsp3) is 0.444. The Morgan fingerprint density at radius 2 is 1.85 bits per heavy atom. The summed E-state index contributed by atoms with van der Waals surface area (Å²) in [4.78, 5) is 41.0. The summed E-state index contributed by atoms with van der Waals surface area (Å²) in [6.07, 6.45) is 4.40. The molecule has 1 saturated carbocycles. The van der Waals surface area contributed by atoms with Gasteiger partial charge in [-0.15, -0.1) is 0 Å². The van der Waals surface area contributed by atoms with Gasteiger partial charge in [-0.2, -0.15) is 0 Å². The summed E-state index contributed by atoms with van der Waals surface area (Å²) >= 11 is 0. The highest BCUT2D eigenvalue weighted by molar-refractivity contribution is 6.06. The van der Waals surface area contributed by atoms with E-state index in [0.29, 0.717) is 23.4 Å². The number of nitrogens with two attached hydrogens (primary N) is 1. The maximum Gasteiger partial charge on any atom is 0.251 e. The molecule has 0 aromatic heterocycles. The first-order valence-corrected chi connectivity index (χ1v) is 12.2. The summed E-state index contributed by atoms with van der Waals surface area (Å²) in [7, 11) is 0. The Kier molecular flexibility index (Phi) is 7.32. The summed E-state index contributed by atoms with van der Waals surface area (Å²) in [5.74, 6) is -0.291. The van der Waals surface area contributed by atoms with E-state index >= 15 is 0 Å².